The Morgan fingerprint density at radius 1 is 0.742 bits per heavy atom. The summed E-state index contributed by atoms with van der Waals surface area (Å²) in [4.78, 5) is 48.4. The summed E-state index contributed by atoms with van der Waals surface area (Å²) >= 11 is 2.24. The van der Waals surface area contributed by atoms with E-state index < -0.39 is 17.2 Å². The molecule has 0 radical (unpaired) electrons. The topological polar surface area (TPSA) is 196 Å². The fourth-order valence-corrected chi connectivity index (χ4v) is 8.73. The van der Waals surface area contributed by atoms with Gasteiger partial charge in [-0.3, -0.25) is 9.59 Å². The van der Waals surface area contributed by atoms with Crippen molar-refractivity contribution in [3.8, 4) is 11.5 Å². The van der Waals surface area contributed by atoms with Crippen molar-refractivity contribution < 1.29 is 37.4 Å². The Balaban J connectivity index is 0.000000220. The molecule has 0 aliphatic carbocycles. The molecule has 14 nitrogen and oxygen atoms in total. The number of likely N-dealkylation sites (tertiary alicyclic amines) is 1. The summed E-state index contributed by atoms with van der Waals surface area (Å²) in [6, 6.07) is 26.1. The van der Waals surface area contributed by atoms with Gasteiger partial charge in [0.05, 0.1) is 6.04 Å². The summed E-state index contributed by atoms with van der Waals surface area (Å²) in [6.07, 6.45) is 3.79. The molecule has 4 heterocycles. The van der Waals surface area contributed by atoms with Gasteiger partial charge in [-0.1, -0.05) is 54.4 Å². The number of anilines is 6. The number of rotatable bonds is 14. The van der Waals surface area contributed by atoms with Crippen LogP contribution < -0.4 is 36.9 Å². The number of nitrogens with one attached hydrogen (secondary N) is 3. The minimum atomic E-state index is -0.538. The first kappa shape index (κ1) is 48.8. The maximum atomic E-state index is 13.5. The fraction of sp³-hybridized carbons (Fsp3) is 0.312. The Morgan fingerprint density at radius 2 is 1.24 bits per heavy atom. The van der Waals surface area contributed by atoms with Crippen molar-refractivity contribution in [3.05, 3.63) is 130 Å². The average Bonchev–Trinajstić information content (AvgIpc) is 4.11. The normalized spacial score (nSPS) is 15.5. The van der Waals surface area contributed by atoms with Crippen LogP contribution in [0.25, 0.3) is 0 Å². The number of nitrogens with zero attached hydrogens (tertiary/aromatic N) is 3. The third kappa shape index (κ3) is 13.2. The van der Waals surface area contributed by atoms with Crippen LogP contribution in [0.4, 0.5) is 46.8 Å². The fourth-order valence-electron chi connectivity index (χ4n) is 6.99. The molecule has 0 bridgehead atoms. The number of amides is 1. The largest absolute Gasteiger partial charge is 0.492 e. The van der Waals surface area contributed by atoms with Crippen molar-refractivity contribution in [2.45, 2.75) is 71.6 Å². The number of ketones is 2. The quantitative estimate of drug-likeness (QED) is 0.0648. The lowest BCUT2D eigenvalue weighted by Crippen LogP contribution is -2.42. The highest BCUT2D eigenvalue weighted by molar-refractivity contribution is 7.18. The predicted octanol–water partition coefficient (Wildman–Crippen LogP) is 10.2. The van der Waals surface area contributed by atoms with Crippen LogP contribution in [0.1, 0.15) is 84.4 Å². The Hall–Kier alpha value is -6.63. The van der Waals surface area contributed by atoms with E-state index in [4.69, 9.17) is 25.7 Å². The van der Waals surface area contributed by atoms with Crippen LogP contribution in [-0.4, -0.2) is 76.5 Å². The van der Waals surface area contributed by atoms with Gasteiger partial charge in [0.1, 0.15) is 63.3 Å². The van der Waals surface area contributed by atoms with E-state index in [0.29, 0.717) is 41.8 Å². The lowest BCUT2D eigenvalue weighted by atomic mass is 10.1. The van der Waals surface area contributed by atoms with Crippen molar-refractivity contribution in [2.75, 3.05) is 48.4 Å². The van der Waals surface area contributed by atoms with E-state index in [1.54, 1.807) is 11.0 Å². The van der Waals surface area contributed by atoms with Crippen LogP contribution in [0.3, 0.4) is 0 Å². The zero-order valence-corrected chi connectivity index (χ0v) is 37.7. The molecule has 0 saturated carbocycles. The lowest BCUT2D eigenvalue weighted by molar-refractivity contribution is 0.0187. The summed E-state index contributed by atoms with van der Waals surface area (Å²) in [5.74, 6) is -0.0236. The summed E-state index contributed by atoms with van der Waals surface area (Å²) in [6.45, 7) is 8.30. The van der Waals surface area contributed by atoms with Crippen LogP contribution in [-0.2, 0) is 4.74 Å². The summed E-state index contributed by atoms with van der Waals surface area (Å²) < 4.78 is 44.1. The molecule has 0 unspecified atom stereocenters. The van der Waals surface area contributed by atoms with Gasteiger partial charge in [-0.05, 0) is 126 Å². The Kier molecular flexibility index (Phi) is 16.3. The second-order valence-electron chi connectivity index (χ2n) is 16.3. The summed E-state index contributed by atoms with van der Waals surface area (Å²) in [5, 5.41) is 10.6. The molecule has 2 aliphatic rings. The average molecular weight is 941 g/mol. The smallest absolute Gasteiger partial charge is 0.410 e. The van der Waals surface area contributed by atoms with Crippen LogP contribution in [0.2, 0.25) is 0 Å². The molecule has 1 amide bonds. The number of nitrogens with two attached hydrogens (primary N) is 2. The number of hydrogen-bond donors (Lipinski definition) is 5. The SMILES string of the molecule is C.CC(C)(C)OC(=O)N1CCC[C@H]1COc1ccc(Nc2nc(N)c(C(=O)c3cccc(F)c3)s2)cc1.Nc1nc(Nc2ccc(OC[C@@H]3CCCN3)cc2)sc1C(=O)c1cccc(F)c1. The van der Waals surface area contributed by atoms with Gasteiger partial charge in [-0.15, -0.1) is 0 Å². The first-order valence-corrected chi connectivity index (χ1v) is 22.7. The number of carbonyl (C=O) groups excluding carboxylic acids is 3. The second-order valence-corrected chi connectivity index (χ2v) is 18.3. The van der Waals surface area contributed by atoms with Crippen LogP contribution in [0.5, 0.6) is 11.5 Å². The van der Waals surface area contributed by atoms with Gasteiger partial charge in [0.15, 0.2) is 10.3 Å². The van der Waals surface area contributed by atoms with Gasteiger partial charge >= 0.3 is 6.09 Å². The third-order valence-electron chi connectivity index (χ3n) is 10.2. The maximum absolute atomic E-state index is 13.5. The minimum Gasteiger partial charge on any atom is -0.492 e. The van der Waals surface area contributed by atoms with E-state index in [0.717, 1.165) is 65.6 Å². The number of carbonyl (C=O) groups is 3. The van der Waals surface area contributed by atoms with E-state index in [-0.39, 0.29) is 63.6 Å². The third-order valence-corrected chi connectivity index (χ3v) is 12.1. The molecule has 2 atom stereocenters. The van der Waals surface area contributed by atoms with Gasteiger partial charge in [0.25, 0.3) is 0 Å². The van der Waals surface area contributed by atoms with Gasteiger partial charge < -0.3 is 46.5 Å². The molecule has 0 spiro atoms. The van der Waals surface area contributed by atoms with Gasteiger partial charge in [-0.2, -0.15) is 0 Å². The molecule has 2 fully saturated rings. The maximum Gasteiger partial charge on any atom is 0.410 e. The van der Waals surface area contributed by atoms with Crippen LogP contribution in [0, 0.1) is 11.6 Å². The Morgan fingerprint density at radius 3 is 1.70 bits per heavy atom. The molecule has 18 heteroatoms. The first-order chi connectivity index (χ1) is 31.2. The summed E-state index contributed by atoms with van der Waals surface area (Å²) in [5.41, 5.74) is 13.3. The van der Waals surface area contributed by atoms with Gasteiger partial charge in [-0.25, -0.2) is 23.5 Å². The highest BCUT2D eigenvalue weighted by atomic mass is 32.1. The van der Waals surface area contributed by atoms with Gasteiger partial charge in [0.2, 0.25) is 11.6 Å². The highest BCUT2D eigenvalue weighted by Gasteiger charge is 2.32. The van der Waals surface area contributed by atoms with Crippen LogP contribution >= 0.6 is 22.7 Å². The highest BCUT2D eigenvalue weighted by Crippen LogP contribution is 2.32. The standard InChI is InChI=1S/C26H29FN4O4S.C21H21FN4O2S.CH4/c1-26(2,3)35-25(33)31-13-5-8-19(31)15-34-20-11-9-18(10-12-20)29-24-30-23(28)22(36-24)21(32)16-6-4-7-17(27)14-16;22-14-4-1-3-13(11-14)18(27)19-20(23)26-21(29-19)25-15-6-8-17(9-7-15)28-12-16-5-2-10-24-16;/h4,6-7,9-12,14,19H,5,8,13,15,28H2,1-3H3,(H,29,30);1,3-4,6-9,11,16,24H,2,5,10,12,23H2,(H,25,26);1H4/t19-;16-;/m00./s1. The molecule has 2 saturated heterocycles. The van der Waals surface area contributed by atoms with Crippen molar-refractivity contribution in [2.24, 2.45) is 0 Å². The van der Waals surface area contributed by atoms with E-state index in [9.17, 15) is 23.2 Å². The van der Waals surface area contributed by atoms with E-state index >= 15 is 0 Å². The van der Waals surface area contributed by atoms with Crippen molar-refractivity contribution in [3.63, 3.8) is 0 Å². The molecule has 7 N–H and O–H groups in total. The van der Waals surface area contributed by atoms with Crippen molar-refractivity contribution in [1.82, 2.24) is 20.2 Å². The minimum absolute atomic E-state index is 0. The molecule has 348 valence electrons. The molecule has 8 rings (SSSR count). The number of nitrogen functional groups attached to an aromatic ring is 2. The molecule has 66 heavy (non-hydrogen) atoms. The zero-order chi connectivity index (χ0) is 46.1. The number of hydrogen-bond acceptors (Lipinski definition) is 15. The molecule has 4 aromatic carbocycles. The van der Waals surface area contributed by atoms with Gasteiger partial charge in [0, 0.05) is 35.1 Å². The van der Waals surface area contributed by atoms with E-state index in [2.05, 4.69) is 25.9 Å². The first-order valence-electron chi connectivity index (χ1n) is 21.0. The van der Waals surface area contributed by atoms with Crippen molar-refractivity contribution in [1.29, 1.82) is 0 Å². The molecular formula is C48H54F2N8O6S2. The Bertz CT molecular complexity index is 2600. The summed E-state index contributed by atoms with van der Waals surface area (Å²) in [7, 11) is 0. The monoisotopic (exact) mass is 940 g/mol. The second kappa shape index (κ2) is 22.0. The number of aromatic nitrogens is 2. The number of halogens is 2. The molecule has 6 aromatic rings. The zero-order valence-electron chi connectivity index (χ0n) is 36.1. The molecule has 2 aliphatic heterocycles. The molecule has 2 aromatic heterocycles. The predicted molar refractivity (Wildman–Crippen MR) is 257 cm³/mol. The number of benzene rings is 4. The van der Waals surface area contributed by atoms with Crippen LogP contribution in [0.15, 0.2) is 97.1 Å². The lowest BCUT2D eigenvalue weighted by Gasteiger charge is -2.28. The number of ether oxygens (including phenoxy) is 3. The van der Waals surface area contributed by atoms with E-state index in [1.807, 2.05) is 69.3 Å². The molecular weight excluding hydrogens is 887 g/mol. The van der Waals surface area contributed by atoms with E-state index in [1.165, 1.54) is 48.9 Å². The Labute approximate surface area is 390 Å². The number of thiazole rings is 2. The van der Waals surface area contributed by atoms with Crippen molar-refractivity contribution >= 4 is 73.6 Å².